The summed E-state index contributed by atoms with van der Waals surface area (Å²) in [5, 5.41) is 13.5. The minimum atomic E-state index is -0.831. The highest BCUT2D eigenvalue weighted by atomic mass is 79.9. The number of hydrogen-bond donors (Lipinski definition) is 3. The summed E-state index contributed by atoms with van der Waals surface area (Å²) in [6.07, 6.45) is 0. The number of halogens is 2. The Balaban J connectivity index is 2.03. The summed E-state index contributed by atoms with van der Waals surface area (Å²) in [4.78, 5) is 23.2. The van der Waals surface area contributed by atoms with Gasteiger partial charge in [0.1, 0.15) is 5.82 Å². The molecule has 25 heavy (non-hydrogen) atoms. The van der Waals surface area contributed by atoms with E-state index < -0.39 is 17.5 Å². The zero-order valence-corrected chi connectivity index (χ0v) is 13.8. The number of nitrogens with two attached hydrogens (primary N) is 1. The van der Waals surface area contributed by atoms with Gasteiger partial charge in [0, 0.05) is 0 Å². The highest BCUT2D eigenvalue weighted by Gasteiger charge is 2.23. The zero-order valence-electron chi connectivity index (χ0n) is 12.2. The molecule has 0 radical (unpaired) electrons. The van der Waals surface area contributed by atoms with E-state index in [-0.39, 0.29) is 34.0 Å². The smallest absolute Gasteiger partial charge is 0.356 e. The number of hydrogen-bond acceptors (Lipinski definition) is 9. The van der Waals surface area contributed by atoms with Gasteiger partial charge >= 0.3 is 5.76 Å². The van der Waals surface area contributed by atoms with Crippen molar-refractivity contribution in [1.82, 2.24) is 25.5 Å². The maximum Gasteiger partial charge on any atom is 0.446 e. The van der Waals surface area contributed by atoms with Crippen LogP contribution in [-0.2, 0) is 4.79 Å². The Labute approximate surface area is 146 Å². The largest absolute Gasteiger partial charge is 0.446 e. The van der Waals surface area contributed by atoms with E-state index in [0.717, 1.165) is 10.6 Å². The third-order valence-electron chi connectivity index (χ3n) is 3.04. The quantitative estimate of drug-likeness (QED) is 0.301. The summed E-state index contributed by atoms with van der Waals surface area (Å²) in [6, 6.07) is 3.87. The van der Waals surface area contributed by atoms with Crippen molar-refractivity contribution >= 4 is 27.7 Å². The second kappa shape index (κ2) is 6.82. The Bertz CT molecular complexity index is 982. The van der Waals surface area contributed by atoms with E-state index in [4.69, 9.17) is 5.84 Å². The highest BCUT2D eigenvalue weighted by molar-refractivity contribution is 9.10. The maximum atomic E-state index is 13.4. The average Bonchev–Trinajstić information content (AvgIpc) is 3.21. The van der Waals surface area contributed by atoms with E-state index >= 15 is 0 Å². The fourth-order valence-electron chi connectivity index (χ4n) is 1.92. The Hall–Kier alpha value is -3.06. The van der Waals surface area contributed by atoms with E-state index in [1.807, 2.05) is 5.43 Å². The van der Waals surface area contributed by atoms with Crippen molar-refractivity contribution in [3.8, 4) is 17.2 Å². The molecule has 1 aromatic carbocycles. The van der Waals surface area contributed by atoms with E-state index in [1.54, 1.807) is 0 Å². The lowest BCUT2D eigenvalue weighted by Gasteiger charge is -2.05. The summed E-state index contributed by atoms with van der Waals surface area (Å²) < 4.78 is 23.9. The lowest BCUT2D eigenvalue weighted by atomic mass is 10.3. The zero-order chi connectivity index (χ0) is 18.0. The van der Waals surface area contributed by atoms with Crippen LogP contribution in [0.4, 0.5) is 10.2 Å². The molecule has 0 aliphatic rings. The van der Waals surface area contributed by atoms with Crippen LogP contribution in [0.1, 0.15) is 0 Å². The molecule has 4 N–H and O–H groups in total. The van der Waals surface area contributed by atoms with Gasteiger partial charge in [-0.15, -0.1) is 0 Å². The fourth-order valence-corrected chi connectivity index (χ4v) is 2.28. The van der Waals surface area contributed by atoms with Crippen LogP contribution in [0.3, 0.4) is 0 Å². The molecule has 1 amide bonds. The number of carbonyl (C=O) groups is 1. The SMILES string of the molecule is NNC(=O)CNc1nonc1-c1noc(=O)n1-c1ccc(F)c(Br)c1. The molecule has 0 aliphatic carbocycles. The van der Waals surface area contributed by atoms with Gasteiger partial charge in [-0.25, -0.2) is 24.2 Å². The van der Waals surface area contributed by atoms with E-state index in [9.17, 15) is 14.0 Å². The molecule has 2 aromatic heterocycles. The molecule has 0 fully saturated rings. The van der Waals surface area contributed by atoms with E-state index in [2.05, 4.69) is 45.9 Å². The van der Waals surface area contributed by atoms with Gasteiger partial charge in [-0.2, -0.15) is 0 Å². The molecule has 0 spiro atoms. The van der Waals surface area contributed by atoms with Gasteiger partial charge in [-0.05, 0) is 44.4 Å². The Kier molecular flexibility index (Phi) is 4.58. The molecule has 13 heteroatoms. The first-order valence-electron chi connectivity index (χ1n) is 6.61. The molecule has 0 aliphatic heterocycles. The van der Waals surface area contributed by atoms with Gasteiger partial charge in [-0.3, -0.25) is 14.7 Å². The first kappa shape index (κ1) is 16.8. The van der Waals surface area contributed by atoms with Crippen molar-refractivity contribution in [3.63, 3.8) is 0 Å². The van der Waals surface area contributed by atoms with Crippen molar-refractivity contribution < 1.29 is 18.3 Å². The first-order chi connectivity index (χ1) is 12.0. The van der Waals surface area contributed by atoms with Gasteiger partial charge in [0.2, 0.25) is 11.6 Å². The van der Waals surface area contributed by atoms with Crippen LogP contribution >= 0.6 is 15.9 Å². The van der Waals surface area contributed by atoms with Crippen molar-refractivity contribution in [1.29, 1.82) is 0 Å². The van der Waals surface area contributed by atoms with Crippen molar-refractivity contribution in [3.05, 3.63) is 39.0 Å². The van der Waals surface area contributed by atoms with Crippen LogP contribution in [0.25, 0.3) is 17.2 Å². The van der Waals surface area contributed by atoms with Gasteiger partial charge in [0.15, 0.2) is 5.69 Å². The summed E-state index contributed by atoms with van der Waals surface area (Å²) in [5.74, 6) is 3.11. The Morgan fingerprint density at radius 1 is 1.36 bits per heavy atom. The number of nitrogens with one attached hydrogen (secondary N) is 2. The minimum absolute atomic E-state index is 0.0103. The number of carbonyl (C=O) groups excluding carboxylic acids is 1. The van der Waals surface area contributed by atoms with Crippen LogP contribution < -0.4 is 22.3 Å². The third-order valence-corrected chi connectivity index (χ3v) is 3.65. The summed E-state index contributed by atoms with van der Waals surface area (Å²) >= 11 is 3.04. The monoisotopic (exact) mass is 413 g/mol. The van der Waals surface area contributed by atoms with E-state index in [0.29, 0.717) is 0 Å². The number of aromatic nitrogens is 4. The molecule has 11 nitrogen and oxygen atoms in total. The van der Waals surface area contributed by atoms with Crippen LogP contribution in [0, 0.1) is 5.82 Å². The van der Waals surface area contributed by atoms with Crippen molar-refractivity contribution in [2.45, 2.75) is 0 Å². The van der Waals surface area contributed by atoms with Crippen LogP contribution in [0.15, 0.2) is 36.6 Å². The predicted molar refractivity (Wildman–Crippen MR) is 83.9 cm³/mol. The van der Waals surface area contributed by atoms with Gasteiger partial charge in [0.05, 0.1) is 16.7 Å². The molecule has 3 rings (SSSR count). The molecule has 3 aromatic rings. The number of hydrazine groups is 1. The Morgan fingerprint density at radius 3 is 2.88 bits per heavy atom. The van der Waals surface area contributed by atoms with E-state index in [1.165, 1.54) is 12.1 Å². The molecule has 0 bridgehead atoms. The average molecular weight is 414 g/mol. The summed E-state index contributed by atoms with van der Waals surface area (Å²) in [6.45, 7) is -0.220. The molecular formula is C12H9BrFN7O4. The summed E-state index contributed by atoms with van der Waals surface area (Å²) in [7, 11) is 0. The number of nitrogens with zero attached hydrogens (tertiary/aromatic N) is 4. The first-order valence-corrected chi connectivity index (χ1v) is 7.41. The second-order valence-corrected chi connectivity index (χ2v) is 5.44. The molecule has 0 atom stereocenters. The number of anilines is 1. The minimum Gasteiger partial charge on any atom is -0.356 e. The number of benzene rings is 1. The predicted octanol–water partition coefficient (Wildman–Crippen LogP) is 0.179. The third kappa shape index (κ3) is 3.27. The van der Waals surface area contributed by atoms with Gasteiger partial charge < -0.3 is 5.32 Å². The lowest BCUT2D eigenvalue weighted by Crippen LogP contribution is -2.35. The second-order valence-electron chi connectivity index (χ2n) is 4.59. The van der Waals surface area contributed by atoms with Gasteiger partial charge in [-0.1, -0.05) is 5.16 Å². The lowest BCUT2D eigenvalue weighted by molar-refractivity contribution is -0.119. The van der Waals surface area contributed by atoms with Crippen LogP contribution in [0.5, 0.6) is 0 Å². The fraction of sp³-hybridized carbons (Fsp3) is 0.0833. The molecule has 0 saturated carbocycles. The highest BCUT2D eigenvalue weighted by Crippen LogP contribution is 2.25. The van der Waals surface area contributed by atoms with Crippen LogP contribution in [-0.4, -0.2) is 32.5 Å². The number of rotatable bonds is 5. The molecular weight excluding hydrogens is 405 g/mol. The van der Waals surface area contributed by atoms with Crippen molar-refractivity contribution in [2.24, 2.45) is 5.84 Å². The molecule has 130 valence electrons. The van der Waals surface area contributed by atoms with Crippen molar-refractivity contribution in [2.75, 3.05) is 11.9 Å². The topological polar surface area (TPSA) is 154 Å². The Morgan fingerprint density at radius 2 is 2.16 bits per heavy atom. The maximum absolute atomic E-state index is 13.4. The van der Waals surface area contributed by atoms with Gasteiger partial charge in [0.25, 0.3) is 5.91 Å². The normalized spacial score (nSPS) is 10.7. The molecule has 0 unspecified atom stereocenters. The molecule has 0 saturated heterocycles. The summed E-state index contributed by atoms with van der Waals surface area (Å²) in [5.41, 5.74) is 2.21. The standard InChI is InChI=1S/C12H9BrFN7O4/c13-6-3-5(1-2-7(6)14)21-11(20-24-12(21)23)9-10(19-25-18-9)16-4-8(22)17-15/h1-3H,4,15H2,(H,16,19)(H,17,22). The number of amides is 1. The van der Waals surface area contributed by atoms with Crippen LogP contribution in [0.2, 0.25) is 0 Å². The molecule has 2 heterocycles.